The summed E-state index contributed by atoms with van der Waals surface area (Å²) in [5.74, 6) is 1.23. The minimum absolute atomic E-state index is 0.121. The van der Waals surface area contributed by atoms with Crippen molar-refractivity contribution in [2.24, 2.45) is 11.1 Å². The average molecular weight is 356 g/mol. The topological polar surface area (TPSA) is 114 Å². The number of carbonyl (C=O) groups excluding carboxylic acids is 1. The highest BCUT2D eigenvalue weighted by atomic mass is 32.2. The smallest absolute Gasteiger partial charge is 0.276 e. The molecule has 2 heterocycles. The summed E-state index contributed by atoms with van der Waals surface area (Å²) in [7, 11) is -3.64. The molecule has 24 heavy (non-hydrogen) atoms. The number of hydrogen-bond donors (Lipinski definition) is 2. The molecule has 1 atom stereocenters. The van der Waals surface area contributed by atoms with Crippen molar-refractivity contribution in [2.75, 3.05) is 38.0 Å². The van der Waals surface area contributed by atoms with E-state index in [-0.39, 0.29) is 18.5 Å². The predicted molar refractivity (Wildman–Crippen MR) is 89.4 cm³/mol. The van der Waals surface area contributed by atoms with Crippen LogP contribution in [-0.4, -0.2) is 66.0 Å². The van der Waals surface area contributed by atoms with Crippen molar-refractivity contribution in [1.82, 2.24) is 19.0 Å². The van der Waals surface area contributed by atoms with E-state index in [1.807, 2.05) is 9.58 Å². The van der Waals surface area contributed by atoms with E-state index in [2.05, 4.69) is 17.3 Å². The lowest BCUT2D eigenvalue weighted by Gasteiger charge is -2.32. The van der Waals surface area contributed by atoms with Crippen molar-refractivity contribution >= 4 is 21.9 Å². The molecule has 10 heteroatoms. The number of amides is 1. The van der Waals surface area contributed by atoms with Crippen LogP contribution >= 0.6 is 0 Å². The van der Waals surface area contributed by atoms with Crippen LogP contribution in [0.4, 0.5) is 5.82 Å². The van der Waals surface area contributed by atoms with Crippen LogP contribution in [-0.2, 0) is 15.0 Å². The Kier molecular flexibility index (Phi) is 4.90. The number of hydrogen-bond acceptors (Lipinski definition) is 5. The second-order valence-corrected chi connectivity index (χ2v) is 8.05. The quantitative estimate of drug-likeness (QED) is 0.721. The van der Waals surface area contributed by atoms with Gasteiger partial charge in [0.25, 0.3) is 10.2 Å². The highest BCUT2D eigenvalue weighted by molar-refractivity contribution is 7.86. The molecule has 3 rings (SSSR count). The fourth-order valence-corrected chi connectivity index (χ4v) is 3.72. The molecular weight excluding hydrogens is 332 g/mol. The van der Waals surface area contributed by atoms with Gasteiger partial charge in [-0.3, -0.25) is 9.69 Å². The molecule has 9 nitrogen and oxygen atoms in total. The van der Waals surface area contributed by atoms with Gasteiger partial charge in [-0.15, -0.1) is 0 Å². The fraction of sp³-hybridized carbons (Fsp3) is 0.714. The van der Waals surface area contributed by atoms with Gasteiger partial charge >= 0.3 is 0 Å². The molecule has 1 amide bonds. The molecule has 1 aliphatic carbocycles. The zero-order chi connectivity index (χ0) is 17.3. The van der Waals surface area contributed by atoms with Crippen molar-refractivity contribution in [2.45, 2.75) is 25.8 Å². The molecule has 1 aromatic heterocycles. The molecule has 0 radical (unpaired) electrons. The maximum atomic E-state index is 12.3. The number of anilines is 1. The molecule has 1 saturated heterocycles. The highest BCUT2D eigenvalue weighted by Gasteiger charge is 2.31. The molecular formula is C14H24N6O3S. The second kappa shape index (κ2) is 6.79. The third-order valence-electron chi connectivity index (χ3n) is 4.69. The molecule has 2 fully saturated rings. The van der Waals surface area contributed by atoms with E-state index < -0.39 is 10.2 Å². The van der Waals surface area contributed by atoms with Crippen molar-refractivity contribution in [3.63, 3.8) is 0 Å². The summed E-state index contributed by atoms with van der Waals surface area (Å²) >= 11 is 0. The van der Waals surface area contributed by atoms with Gasteiger partial charge in [0.15, 0.2) is 0 Å². The van der Waals surface area contributed by atoms with Crippen LogP contribution in [0.1, 0.15) is 25.8 Å². The lowest BCUT2D eigenvalue weighted by atomic mass is 10.2. The zero-order valence-electron chi connectivity index (χ0n) is 13.8. The number of carbonyl (C=O) groups is 1. The number of nitrogens with zero attached hydrogens (tertiary/aromatic N) is 4. The Balaban J connectivity index is 1.51. The van der Waals surface area contributed by atoms with Crippen LogP contribution in [0.3, 0.4) is 0 Å². The Hall–Kier alpha value is -1.49. The van der Waals surface area contributed by atoms with Crippen molar-refractivity contribution in [3.05, 3.63) is 12.3 Å². The van der Waals surface area contributed by atoms with Crippen LogP contribution in [0, 0.1) is 5.92 Å². The van der Waals surface area contributed by atoms with Gasteiger partial charge in [0.05, 0.1) is 18.8 Å². The summed E-state index contributed by atoms with van der Waals surface area (Å²) in [6.45, 7) is 3.93. The molecule has 2 aliphatic rings. The van der Waals surface area contributed by atoms with Crippen LogP contribution in [0.15, 0.2) is 12.3 Å². The van der Waals surface area contributed by atoms with E-state index in [0.29, 0.717) is 37.9 Å². The van der Waals surface area contributed by atoms with Gasteiger partial charge in [-0.1, -0.05) is 0 Å². The Morgan fingerprint density at radius 3 is 2.62 bits per heavy atom. The Morgan fingerprint density at radius 1 is 1.38 bits per heavy atom. The minimum atomic E-state index is -3.64. The monoisotopic (exact) mass is 356 g/mol. The maximum absolute atomic E-state index is 12.3. The van der Waals surface area contributed by atoms with E-state index >= 15 is 0 Å². The van der Waals surface area contributed by atoms with Gasteiger partial charge < -0.3 is 5.32 Å². The second-order valence-electron chi connectivity index (χ2n) is 6.51. The number of rotatable bonds is 6. The first-order valence-corrected chi connectivity index (χ1v) is 9.68. The number of nitrogens with one attached hydrogen (secondary N) is 1. The van der Waals surface area contributed by atoms with Gasteiger partial charge in [-0.05, 0) is 25.7 Å². The third kappa shape index (κ3) is 4.12. The summed E-state index contributed by atoms with van der Waals surface area (Å²) in [5.41, 5.74) is 0. The van der Waals surface area contributed by atoms with Crippen LogP contribution < -0.4 is 10.5 Å². The molecule has 1 aromatic rings. The van der Waals surface area contributed by atoms with Gasteiger partial charge in [0.1, 0.15) is 5.82 Å². The molecule has 1 saturated carbocycles. The van der Waals surface area contributed by atoms with E-state index in [9.17, 15) is 13.2 Å². The average Bonchev–Trinajstić information content (AvgIpc) is 3.26. The van der Waals surface area contributed by atoms with E-state index in [1.54, 1.807) is 12.3 Å². The first kappa shape index (κ1) is 17.3. The lowest BCUT2D eigenvalue weighted by Crippen LogP contribution is -2.52. The number of aromatic nitrogens is 2. The Bertz CT molecular complexity index is 691. The molecule has 1 unspecified atom stereocenters. The van der Waals surface area contributed by atoms with Crippen LogP contribution in [0.25, 0.3) is 0 Å². The van der Waals surface area contributed by atoms with Crippen molar-refractivity contribution < 1.29 is 13.2 Å². The summed E-state index contributed by atoms with van der Waals surface area (Å²) < 4.78 is 25.7. The largest absolute Gasteiger partial charge is 0.310 e. The van der Waals surface area contributed by atoms with Gasteiger partial charge in [-0.25, -0.2) is 9.82 Å². The highest BCUT2D eigenvalue weighted by Crippen LogP contribution is 2.40. The fourth-order valence-electron chi connectivity index (χ4n) is 3.04. The number of nitrogens with two attached hydrogens (primary N) is 1. The summed E-state index contributed by atoms with van der Waals surface area (Å²) in [6.07, 6.45) is 4.12. The molecule has 3 N–H and O–H groups in total. The summed E-state index contributed by atoms with van der Waals surface area (Å²) in [6, 6.07) is 2.09. The SMILES string of the molecule is CC(C1CC1)n1nccc1NC(=O)CN1CCN(S(N)(=O)=O)CC1. The van der Waals surface area contributed by atoms with E-state index in [1.165, 1.54) is 17.1 Å². The third-order valence-corrected chi connectivity index (χ3v) is 5.77. The van der Waals surface area contributed by atoms with E-state index in [0.717, 1.165) is 0 Å². The normalized spacial score (nSPS) is 21.6. The first-order chi connectivity index (χ1) is 11.3. The molecule has 134 valence electrons. The van der Waals surface area contributed by atoms with Crippen molar-refractivity contribution in [1.29, 1.82) is 0 Å². The molecule has 0 bridgehead atoms. The van der Waals surface area contributed by atoms with Crippen LogP contribution in [0.5, 0.6) is 0 Å². The predicted octanol–water partition coefficient (Wildman–Crippen LogP) is -0.386. The number of piperazine rings is 1. The summed E-state index contributed by atoms with van der Waals surface area (Å²) in [5, 5.41) is 12.3. The van der Waals surface area contributed by atoms with Gasteiger partial charge in [0, 0.05) is 32.2 Å². The minimum Gasteiger partial charge on any atom is -0.310 e. The molecule has 0 aromatic carbocycles. The maximum Gasteiger partial charge on any atom is 0.276 e. The zero-order valence-corrected chi connectivity index (χ0v) is 14.6. The van der Waals surface area contributed by atoms with Gasteiger partial charge in [-0.2, -0.15) is 17.8 Å². The Labute approximate surface area is 142 Å². The molecule has 0 spiro atoms. The molecule has 1 aliphatic heterocycles. The lowest BCUT2D eigenvalue weighted by molar-refractivity contribution is -0.117. The van der Waals surface area contributed by atoms with Gasteiger partial charge in [0.2, 0.25) is 5.91 Å². The summed E-state index contributed by atoms with van der Waals surface area (Å²) in [4.78, 5) is 14.2. The van der Waals surface area contributed by atoms with E-state index in [4.69, 9.17) is 5.14 Å². The van der Waals surface area contributed by atoms with Crippen LogP contribution in [0.2, 0.25) is 0 Å². The Morgan fingerprint density at radius 2 is 2.04 bits per heavy atom. The standard InChI is InChI=1S/C14H24N6O3S/c1-11(12-2-3-12)20-13(4-5-16-20)17-14(21)10-18-6-8-19(9-7-18)24(15,22)23/h4-5,11-12H,2-3,6-10H2,1H3,(H,17,21)(H2,15,22,23). The van der Waals surface area contributed by atoms with Crippen molar-refractivity contribution in [3.8, 4) is 0 Å². The first-order valence-electron chi connectivity index (χ1n) is 8.18.